The molecular formula is C11H14N2O4S. The standard InChI is InChI=1S/C11H14N2O4S/c14-13(15)11-3-1-2-9(4-11)7-18(16,17)8-10-5-12-6-10/h1-4,10,12H,5-8H2. The van der Waals surface area contributed by atoms with Gasteiger partial charge in [0.05, 0.1) is 16.4 Å². The van der Waals surface area contributed by atoms with Crippen molar-refractivity contribution in [1.29, 1.82) is 0 Å². The molecule has 1 aliphatic rings. The molecule has 1 saturated heterocycles. The van der Waals surface area contributed by atoms with Crippen molar-refractivity contribution in [2.45, 2.75) is 5.75 Å². The lowest BCUT2D eigenvalue weighted by Crippen LogP contribution is -2.45. The van der Waals surface area contributed by atoms with Gasteiger partial charge in [0, 0.05) is 25.2 Å². The number of nitrogens with zero attached hydrogens (tertiary/aromatic N) is 1. The SMILES string of the molecule is O=[N+]([O-])c1cccc(CS(=O)(=O)CC2CNC2)c1. The second-order valence-corrected chi connectivity index (χ2v) is 6.62. The number of hydrogen-bond acceptors (Lipinski definition) is 5. The zero-order valence-corrected chi connectivity index (χ0v) is 10.5. The molecule has 1 aliphatic heterocycles. The normalized spacial score (nSPS) is 16.2. The monoisotopic (exact) mass is 270 g/mol. The molecule has 1 fully saturated rings. The maximum absolute atomic E-state index is 11.9. The van der Waals surface area contributed by atoms with E-state index < -0.39 is 14.8 Å². The summed E-state index contributed by atoms with van der Waals surface area (Å²) < 4.78 is 23.8. The summed E-state index contributed by atoms with van der Waals surface area (Å²) in [5.41, 5.74) is 0.393. The van der Waals surface area contributed by atoms with Gasteiger partial charge in [0.15, 0.2) is 9.84 Å². The highest BCUT2D eigenvalue weighted by atomic mass is 32.2. The number of hydrogen-bond donors (Lipinski definition) is 1. The fourth-order valence-corrected chi connectivity index (χ4v) is 3.66. The average Bonchev–Trinajstić information content (AvgIpc) is 2.23. The van der Waals surface area contributed by atoms with Crippen LogP contribution in [0.1, 0.15) is 5.56 Å². The minimum Gasteiger partial charge on any atom is -0.316 e. The molecule has 7 heteroatoms. The molecule has 1 heterocycles. The van der Waals surface area contributed by atoms with Crippen LogP contribution in [0.5, 0.6) is 0 Å². The van der Waals surface area contributed by atoms with E-state index >= 15 is 0 Å². The van der Waals surface area contributed by atoms with Crippen molar-refractivity contribution in [3.8, 4) is 0 Å². The van der Waals surface area contributed by atoms with E-state index in [1.54, 1.807) is 6.07 Å². The van der Waals surface area contributed by atoms with Crippen LogP contribution in [0.15, 0.2) is 24.3 Å². The van der Waals surface area contributed by atoms with Crippen LogP contribution in [0, 0.1) is 16.0 Å². The molecule has 0 aliphatic carbocycles. The predicted octanol–water partition coefficient (Wildman–Crippen LogP) is 0.729. The van der Waals surface area contributed by atoms with Crippen molar-refractivity contribution >= 4 is 15.5 Å². The lowest BCUT2D eigenvalue weighted by Gasteiger charge is -2.26. The Labute approximate surface area is 105 Å². The molecule has 1 aromatic rings. The summed E-state index contributed by atoms with van der Waals surface area (Å²) >= 11 is 0. The van der Waals surface area contributed by atoms with Gasteiger partial charge in [-0.15, -0.1) is 0 Å². The first kappa shape index (κ1) is 13.0. The fourth-order valence-electron chi connectivity index (χ4n) is 1.90. The first-order chi connectivity index (χ1) is 8.46. The van der Waals surface area contributed by atoms with Gasteiger partial charge in [-0.1, -0.05) is 12.1 Å². The second kappa shape index (κ2) is 5.03. The molecule has 1 aromatic carbocycles. The number of nitrogens with one attached hydrogen (secondary N) is 1. The van der Waals surface area contributed by atoms with E-state index in [0.717, 1.165) is 13.1 Å². The third-order valence-electron chi connectivity index (χ3n) is 2.86. The Hall–Kier alpha value is -1.47. The molecule has 98 valence electrons. The predicted molar refractivity (Wildman–Crippen MR) is 66.9 cm³/mol. The summed E-state index contributed by atoms with van der Waals surface area (Å²) in [6.45, 7) is 1.46. The third kappa shape index (κ3) is 3.27. The second-order valence-electron chi connectivity index (χ2n) is 4.51. The number of sulfone groups is 1. The molecule has 0 saturated carbocycles. The van der Waals surface area contributed by atoms with Crippen LogP contribution in [0.25, 0.3) is 0 Å². The van der Waals surface area contributed by atoms with Gasteiger partial charge in [0.2, 0.25) is 0 Å². The van der Waals surface area contributed by atoms with Crippen LogP contribution >= 0.6 is 0 Å². The number of nitro benzene ring substituents is 1. The third-order valence-corrected chi connectivity index (χ3v) is 4.62. The summed E-state index contributed by atoms with van der Waals surface area (Å²) in [4.78, 5) is 10.1. The molecule has 1 N–H and O–H groups in total. The van der Waals surface area contributed by atoms with Crippen LogP contribution in [0.4, 0.5) is 5.69 Å². The quantitative estimate of drug-likeness (QED) is 0.629. The highest BCUT2D eigenvalue weighted by Gasteiger charge is 2.24. The minimum absolute atomic E-state index is 0.0759. The molecule has 2 rings (SSSR count). The molecule has 0 aromatic heterocycles. The Morgan fingerprint density at radius 2 is 2.11 bits per heavy atom. The Kier molecular flexibility index (Phi) is 3.63. The number of non-ortho nitro benzene ring substituents is 1. The zero-order valence-electron chi connectivity index (χ0n) is 9.70. The summed E-state index contributed by atoms with van der Waals surface area (Å²) in [5.74, 6) is 0.183. The van der Waals surface area contributed by atoms with E-state index in [1.807, 2.05) is 0 Å². The van der Waals surface area contributed by atoms with Crippen LogP contribution in [0.3, 0.4) is 0 Å². The van der Waals surface area contributed by atoms with E-state index in [-0.39, 0.29) is 23.1 Å². The van der Waals surface area contributed by atoms with Crippen LogP contribution in [-0.2, 0) is 15.6 Å². The molecule has 0 unspecified atom stereocenters. The number of rotatable bonds is 5. The van der Waals surface area contributed by atoms with Crippen LogP contribution in [-0.4, -0.2) is 32.2 Å². The highest BCUT2D eigenvalue weighted by molar-refractivity contribution is 7.90. The Morgan fingerprint density at radius 3 is 2.67 bits per heavy atom. The molecule has 0 bridgehead atoms. The van der Waals surface area contributed by atoms with E-state index in [9.17, 15) is 18.5 Å². The maximum atomic E-state index is 11.9. The van der Waals surface area contributed by atoms with E-state index in [1.165, 1.54) is 18.2 Å². The lowest BCUT2D eigenvalue weighted by molar-refractivity contribution is -0.384. The van der Waals surface area contributed by atoms with Crippen LogP contribution < -0.4 is 5.32 Å². The van der Waals surface area contributed by atoms with Crippen LogP contribution in [0.2, 0.25) is 0 Å². The first-order valence-corrected chi connectivity index (χ1v) is 7.43. The maximum Gasteiger partial charge on any atom is 0.269 e. The van der Waals surface area contributed by atoms with Gasteiger partial charge in [0.1, 0.15) is 0 Å². The number of nitro groups is 1. The largest absolute Gasteiger partial charge is 0.316 e. The van der Waals surface area contributed by atoms with Crippen molar-refractivity contribution in [2.75, 3.05) is 18.8 Å². The molecule has 0 radical (unpaired) electrons. The Bertz CT molecular complexity index is 552. The molecule has 6 nitrogen and oxygen atoms in total. The first-order valence-electron chi connectivity index (χ1n) is 5.61. The van der Waals surface area contributed by atoms with Gasteiger partial charge in [0.25, 0.3) is 5.69 Å². The van der Waals surface area contributed by atoms with Gasteiger partial charge >= 0.3 is 0 Å². The molecule has 0 amide bonds. The van der Waals surface area contributed by atoms with E-state index in [2.05, 4.69) is 5.32 Å². The number of benzene rings is 1. The van der Waals surface area contributed by atoms with Crippen molar-refractivity contribution < 1.29 is 13.3 Å². The zero-order chi connectivity index (χ0) is 13.2. The van der Waals surface area contributed by atoms with Gasteiger partial charge in [-0.3, -0.25) is 10.1 Å². The Morgan fingerprint density at radius 1 is 1.39 bits per heavy atom. The van der Waals surface area contributed by atoms with Crippen molar-refractivity contribution in [1.82, 2.24) is 5.32 Å². The summed E-state index contributed by atoms with van der Waals surface area (Å²) in [5, 5.41) is 13.6. The fraction of sp³-hybridized carbons (Fsp3) is 0.455. The Balaban J connectivity index is 2.07. The van der Waals surface area contributed by atoms with Crippen molar-refractivity contribution in [2.24, 2.45) is 5.92 Å². The molecule has 0 spiro atoms. The molecule has 0 atom stereocenters. The highest BCUT2D eigenvalue weighted by Crippen LogP contribution is 2.17. The minimum atomic E-state index is -3.20. The molecule has 18 heavy (non-hydrogen) atoms. The van der Waals surface area contributed by atoms with E-state index in [4.69, 9.17) is 0 Å². The van der Waals surface area contributed by atoms with E-state index in [0.29, 0.717) is 5.56 Å². The van der Waals surface area contributed by atoms with Gasteiger partial charge in [-0.25, -0.2) is 8.42 Å². The van der Waals surface area contributed by atoms with Gasteiger partial charge in [-0.2, -0.15) is 0 Å². The summed E-state index contributed by atoms with van der Waals surface area (Å²) in [6.07, 6.45) is 0. The van der Waals surface area contributed by atoms with Gasteiger partial charge in [-0.05, 0) is 11.5 Å². The van der Waals surface area contributed by atoms with Crippen molar-refractivity contribution in [3.05, 3.63) is 39.9 Å². The topological polar surface area (TPSA) is 89.3 Å². The average molecular weight is 270 g/mol. The summed E-state index contributed by atoms with van der Waals surface area (Å²) in [7, 11) is -3.20. The van der Waals surface area contributed by atoms with Crippen molar-refractivity contribution in [3.63, 3.8) is 0 Å². The van der Waals surface area contributed by atoms with Gasteiger partial charge < -0.3 is 5.32 Å². The molecular weight excluding hydrogens is 256 g/mol. The summed E-state index contributed by atoms with van der Waals surface area (Å²) in [6, 6.07) is 5.78. The lowest BCUT2D eigenvalue weighted by atomic mass is 10.1. The smallest absolute Gasteiger partial charge is 0.269 e.